The Balaban J connectivity index is 0.00000226. The van der Waals surface area contributed by atoms with Crippen LogP contribution in [0.15, 0.2) is 50.1 Å². The van der Waals surface area contributed by atoms with Crippen LogP contribution in [-0.2, 0) is 22.6 Å². The van der Waals surface area contributed by atoms with Gasteiger partial charge in [0.1, 0.15) is 18.7 Å². The Morgan fingerprint density at radius 3 is 2.31 bits per heavy atom. The van der Waals surface area contributed by atoms with Gasteiger partial charge in [-0.1, -0.05) is 62.3 Å². The number of halogens is 1. The molecule has 2 unspecified atom stereocenters. The monoisotopic (exact) mass is 638 g/mol. The van der Waals surface area contributed by atoms with Gasteiger partial charge in [-0.05, 0) is 93.0 Å². The molecule has 5 rings (SSSR count). The Kier molecular flexibility index (Phi) is 13.9. The first-order valence-electron chi connectivity index (χ1n) is 17.3. The highest BCUT2D eigenvalue weighted by atomic mass is 35.5. The van der Waals surface area contributed by atoms with Crippen molar-refractivity contribution in [3.63, 3.8) is 0 Å². The number of carbonyl (C=O) groups excluding carboxylic acids is 2. The zero-order chi connectivity index (χ0) is 32.1. The van der Waals surface area contributed by atoms with Gasteiger partial charge in [0.05, 0.1) is 0 Å². The van der Waals surface area contributed by atoms with Crippen LogP contribution in [0.5, 0.6) is 0 Å². The fourth-order valence-corrected chi connectivity index (χ4v) is 8.40. The number of piperidine rings is 1. The molecule has 3 atom stereocenters. The van der Waals surface area contributed by atoms with Gasteiger partial charge >= 0.3 is 0 Å². The highest BCUT2D eigenvalue weighted by molar-refractivity contribution is 6.30. The van der Waals surface area contributed by atoms with Crippen LogP contribution >= 0.6 is 11.6 Å². The number of nitrogens with zero attached hydrogens (tertiary/aromatic N) is 4. The molecule has 3 aliphatic rings. The number of nitrogens with one attached hydrogen (secondary N) is 2. The minimum Gasteiger partial charge on any atom is -0.344 e. The third-order valence-electron chi connectivity index (χ3n) is 10.7. The molecular formula is C36H55ClN6O2. The molecule has 2 amide bonds. The van der Waals surface area contributed by atoms with Crippen molar-refractivity contribution in [2.75, 3.05) is 26.7 Å². The third-order valence-corrected chi connectivity index (χ3v) is 11.0. The van der Waals surface area contributed by atoms with E-state index in [2.05, 4.69) is 33.9 Å². The molecule has 8 nitrogen and oxygen atoms in total. The van der Waals surface area contributed by atoms with Crippen molar-refractivity contribution in [3.05, 3.63) is 60.7 Å². The van der Waals surface area contributed by atoms with Crippen molar-refractivity contribution >= 4 is 23.4 Å². The van der Waals surface area contributed by atoms with Crippen LogP contribution in [0.25, 0.3) is 0 Å². The molecule has 3 fully saturated rings. The number of hydrogen-bond donors (Lipinski definition) is 2. The van der Waals surface area contributed by atoms with Gasteiger partial charge in [-0.2, -0.15) is 5.10 Å². The normalized spacial score (nSPS) is 22.6. The number of amides is 2. The number of rotatable bonds is 12. The summed E-state index contributed by atoms with van der Waals surface area (Å²) in [4.78, 5) is 33.7. The minimum absolute atomic E-state index is 0.0131. The molecule has 2 heterocycles. The summed E-state index contributed by atoms with van der Waals surface area (Å²) < 4.78 is 1.99. The van der Waals surface area contributed by atoms with Crippen molar-refractivity contribution in [2.24, 2.45) is 23.2 Å². The van der Waals surface area contributed by atoms with E-state index >= 15 is 0 Å². The van der Waals surface area contributed by atoms with Crippen LogP contribution in [0, 0.1) is 23.2 Å². The summed E-state index contributed by atoms with van der Waals surface area (Å²) in [5, 5.41) is 11.6. The largest absolute Gasteiger partial charge is 0.344 e. The smallest absolute Gasteiger partial charge is 0.245 e. The average molecular weight is 639 g/mol. The van der Waals surface area contributed by atoms with E-state index in [0.29, 0.717) is 48.7 Å². The fourth-order valence-electron chi connectivity index (χ4n) is 8.27. The lowest BCUT2D eigenvalue weighted by atomic mass is 9.63. The van der Waals surface area contributed by atoms with Gasteiger partial charge in [-0.25, -0.2) is 4.98 Å². The molecule has 0 bridgehead atoms. The zero-order valence-electron chi connectivity index (χ0n) is 27.4. The standard InChI is InChI=1S/C34H51ClN6O2.C2H4/c1-36-22-28-8-6-5-7-27(28)13-16-32(42)39-31(21-26-11-14-30(35)15-12-26)33(43)40-19-17-34(18-20-40,23-41-25-37-24-38-41)29-9-3-2-4-10-29;1-2/h11-12,14-15,24-25,27-29,31,36H,2-10,13,16-23H2,1H3,(H,39,42);1-2H2/t27?,28?,31-;/m1./s1. The van der Waals surface area contributed by atoms with Gasteiger partial charge in [0.15, 0.2) is 0 Å². The summed E-state index contributed by atoms with van der Waals surface area (Å²) in [6.45, 7) is 9.30. The second-order valence-electron chi connectivity index (χ2n) is 13.5. The molecular weight excluding hydrogens is 584 g/mol. The molecule has 1 aromatic carbocycles. The van der Waals surface area contributed by atoms with Crippen LogP contribution in [0.1, 0.15) is 89.0 Å². The predicted octanol–water partition coefficient (Wildman–Crippen LogP) is 6.46. The number of carbonyl (C=O) groups is 2. The highest BCUT2D eigenvalue weighted by Gasteiger charge is 2.44. The van der Waals surface area contributed by atoms with Gasteiger partial charge in [-0.15, -0.1) is 13.2 Å². The molecule has 0 radical (unpaired) electrons. The number of hydrogen-bond acceptors (Lipinski definition) is 5. The Hall–Kier alpha value is -2.71. The Labute approximate surface area is 275 Å². The van der Waals surface area contributed by atoms with E-state index in [1.54, 1.807) is 6.33 Å². The summed E-state index contributed by atoms with van der Waals surface area (Å²) in [7, 11) is 2.01. The maximum atomic E-state index is 14.1. The number of aromatic nitrogens is 3. The van der Waals surface area contributed by atoms with Crippen LogP contribution in [0.4, 0.5) is 0 Å². The minimum atomic E-state index is -0.578. The van der Waals surface area contributed by atoms with E-state index in [4.69, 9.17) is 11.6 Å². The van der Waals surface area contributed by atoms with Crippen LogP contribution in [-0.4, -0.2) is 64.2 Å². The Bertz CT molecular complexity index is 1160. The molecule has 2 saturated carbocycles. The number of likely N-dealkylation sites (tertiary alicyclic amines) is 1. The second-order valence-corrected chi connectivity index (χ2v) is 13.9. The fraction of sp³-hybridized carbons (Fsp3) is 0.667. The first-order valence-corrected chi connectivity index (χ1v) is 17.6. The molecule has 2 aliphatic carbocycles. The molecule has 1 saturated heterocycles. The maximum Gasteiger partial charge on any atom is 0.245 e. The lowest BCUT2D eigenvalue weighted by Gasteiger charge is -2.48. The van der Waals surface area contributed by atoms with E-state index in [1.165, 1.54) is 57.8 Å². The molecule has 9 heteroatoms. The van der Waals surface area contributed by atoms with E-state index in [9.17, 15) is 9.59 Å². The van der Waals surface area contributed by atoms with Crippen molar-refractivity contribution in [1.82, 2.24) is 30.3 Å². The van der Waals surface area contributed by atoms with Gasteiger partial charge in [-0.3, -0.25) is 14.3 Å². The average Bonchev–Trinajstić information content (AvgIpc) is 3.59. The first-order chi connectivity index (χ1) is 22.0. The Morgan fingerprint density at radius 2 is 1.67 bits per heavy atom. The van der Waals surface area contributed by atoms with Crippen molar-refractivity contribution in [2.45, 2.75) is 102 Å². The molecule has 1 aliphatic heterocycles. The van der Waals surface area contributed by atoms with Crippen molar-refractivity contribution in [1.29, 1.82) is 0 Å². The van der Waals surface area contributed by atoms with E-state index < -0.39 is 6.04 Å². The third kappa shape index (κ3) is 9.89. The summed E-state index contributed by atoms with van der Waals surface area (Å²) in [5.74, 6) is 1.87. The molecule has 2 N–H and O–H groups in total. The zero-order valence-corrected chi connectivity index (χ0v) is 28.2. The van der Waals surface area contributed by atoms with Gasteiger partial charge in [0, 0.05) is 37.5 Å². The van der Waals surface area contributed by atoms with E-state index in [-0.39, 0.29) is 17.2 Å². The number of benzene rings is 1. The summed E-state index contributed by atoms with van der Waals surface area (Å²) in [6.07, 6.45) is 18.6. The van der Waals surface area contributed by atoms with E-state index in [1.807, 2.05) is 47.2 Å². The molecule has 1 aromatic heterocycles. The van der Waals surface area contributed by atoms with Gasteiger partial charge < -0.3 is 15.5 Å². The summed E-state index contributed by atoms with van der Waals surface area (Å²) in [6, 6.07) is 7.05. The molecule has 2 aromatic rings. The maximum absolute atomic E-state index is 14.1. The lowest BCUT2D eigenvalue weighted by Crippen LogP contribution is -2.54. The van der Waals surface area contributed by atoms with Crippen molar-refractivity contribution in [3.8, 4) is 0 Å². The summed E-state index contributed by atoms with van der Waals surface area (Å²) in [5.41, 5.74) is 1.13. The van der Waals surface area contributed by atoms with E-state index in [0.717, 1.165) is 37.9 Å². The molecule has 248 valence electrons. The van der Waals surface area contributed by atoms with Crippen LogP contribution < -0.4 is 10.6 Å². The van der Waals surface area contributed by atoms with Gasteiger partial charge in [0.2, 0.25) is 11.8 Å². The summed E-state index contributed by atoms with van der Waals surface area (Å²) >= 11 is 6.15. The van der Waals surface area contributed by atoms with Crippen molar-refractivity contribution < 1.29 is 9.59 Å². The van der Waals surface area contributed by atoms with Gasteiger partial charge in [0.25, 0.3) is 0 Å². The van der Waals surface area contributed by atoms with Crippen LogP contribution in [0.2, 0.25) is 5.02 Å². The van der Waals surface area contributed by atoms with Crippen LogP contribution in [0.3, 0.4) is 0 Å². The highest BCUT2D eigenvalue weighted by Crippen LogP contribution is 2.47. The first kappa shape index (κ1) is 35.1. The quantitative estimate of drug-likeness (QED) is 0.261. The Morgan fingerprint density at radius 1 is 1.00 bits per heavy atom. The lowest BCUT2D eigenvalue weighted by molar-refractivity contribution is -0.139. The molecule has 0 spiro atoms. The SMILES string of the molecule is C=C.CNCC1CCCCC1CCC(=O)N[C@H](Cc1ccc(Cl)cc1)C(=O)N1CCC(Cn2cncn2)(C2CCCCC2)CC1. The molecule has 45 heavy (non-hydrogen) atoms. The predicted molar refractivity (Wildman–Crippen MR) is 182 cm³/mol. The topological polar surface area (TPSA) is 92.2 Å². The second kappa shape index (κ2) is 17.8.